The summed E-state index contributed by atoms with van der Waals surface area (Å²) in [6.07, 6.45) is 0.0231. The lowest BCUT2D eigenvalue weighted by Gasteiger charge is -2.00. The molecule has 1 heterocycles. The van der Waals surface area contributed by atoms with E-state index in [1.54, 1.807) is 0 Å². The van der Waals surface area contributed by atoms with Gasteiger partial charge in [0, 0.05) is 11.4 Å². The van der Waals surface area contributed by atoms with Crippen molar-refractivity contribution in [2.75, 3.05) is 24.7 Å². The van der Waals surface area contributed by atoms with Crippen molar-refractivity contribution >= 4 is 11.4 Å². The molecule has 0 aliphatic carbocycles. The summed E-state index contributed by atoms with van der Waals surface area (Å²) in [5.41, 5.74) is 13.6. The van der Waals surface area contributed by atoms with Crippen molar-refractivity contribution in [2.24, 2.45) is 0 Å². The van der Waals surface area contributed by atoms with Crippen LogP contribution in [0.5, 0.6) is 0 Å². The highest BCUT2D eigenvalue weighted by Gasteiger charge is 2.13. The third-order valence-corrected chi connectivity index (χ3v) is 2.18. The van der Waals surface area contributed by atoms with Gasteiger partial charge in [0.2, 0.25) is 0 Å². The van der Waals surface area contributed by atoms with Crippen molar-refractivity contribution in [1.29, 1.82) is 0 Å². The normalized spacial score (nSPS) is 17.7. The molecule has 0 amide bonds. The number of anilines is 2. The van der Waals surface area contributed by atoms with Gasteiger partial charge in [0.25, 0.3) is 0 Å². The van der Waals surface area contributed by atoms with Crippen LogP contribution in [0.15, 0.2) is 18.2 Å². The van der Waals surface area contributed by atoms with Gasteiger partial charge >= 0.3 is 0 Å². The SMILES string of the molecule is CC(O)CO.CC1CO1.Cc1c(N)cccc1N. The van der Waals surface area contributed by atoms with E-state index in [1.165, 1.54) is 6.92 Å². The molecule has 18 heavy (non-hydrogen) atoms. The van der Waals surface area contributed by atoms with Gasteiger partial charge in [-0.1, -0.05) is 6.07 Å². The third-order valence-electron chi connectivity index (χ3n) is 2.18. The molecule has 1 aromatic rings. The first-order chi connectivity index (χ1) is 8.38. The molecule has 6 N–H and O–H groups in total. The Morgan fingerprint density at radius 2 is 1.72 bits per heavy atom. The Labute approximate surface area is 108 Å². The number of ether oxygens (including phenoxy) is 1. The molecule has 104 valence electrons. The van der Waals surface area contributed by atoms with Crippen LogP contribution in [0, 0.1) is 6.92 Å². The Bertz CT molecular complexity index is 319. The number of aliphatic hydroxyl groups is 2. The number of benzene rings is 1. The molecule has 0 radical (unpaired) electrons. The molecule has 1 aromatic carbocycles. The molecular formula is C13H24N2O3. The molecule has 2 atom stereocenters. The van der Waals surface area contributed by atoms with Gasteiger partial charge in [-0.25, -0.2) is 0 Å². The van der Waals surface area contributed by atoms with Gasteiger partial charge in [-0.15, -0.1) is 0 Å². The quantitative estimate of drug-likeness (QED) is 0.442. The Kier molecular flexibility index (Phi) is 8.11. The van der Waals surface area contributed by atoms with E-state index in [4.69, 9.17) is 26.4 Å². The zero-order valence-electron chi connectivity index (χ0n) is 11.3. The number of rotatable bonds is 1. The van der Waals surface area contributed by atoms with Gasteiger partial charge in [-0.2, -0.15) is 0 Å². The molecule has 0 spiro atoms. The summed E-state index contributed by atoms with van der Waals surface area (Å²) in [5.74, 6) is 0. The molecule has 1 saturated heterocycles. The van der Waals surface area contributed by atoms with Crippen LogP contribution in [0.25, 0.3) is 0 Å². The fraction of sp³-hybridized carbons (Fsp3) is 0.538. The Balaban J connectivity index is 0.000000271. The maximum absolute atomic E-state index is 8.11. The van der Waals surface area contributed by atoms with Crippen LogP contribution in [0.4, 0.5) is 11.4 Å². The van der Waals surface area contributed by atoms with Crippen molar-refractivity contribution in [2.45, 2.75) is 33.0 Å². The summed E-state index contributed by atoms with van der Waals surface area (Å²) < 4.78 is 4.71. The zero-order valence-corrected chi connectivity index (χ0v) is 11.3. The van der Waals surface area contributed by atoms with Crippen LogP contribution in [0.1, 0.15) is 19.4 Å². The minimum Gasteiger partial charge on any atom is -0.398 e. The van der Waals surface area contributed by atoms with Crippen molar-refractivity contribution < 1.29 is 14.9 Å². The molecule has 1 aliphatic rings. The largest absolute Gasteiger partial charge is 0.398 e. The minimum atomic E-state index is -0.560. The van der Waals surface area contributed by atoms with E-state index < -0.39 is 6.10 Å². The molecule has 1 fully saturated rings. The molecule has 2 unspecified atom stereocenters. The average molecular weight is 256 g/mol. The van der Waals surface area contributed by atoms with Gasteiger partial charge in [0.05, 0.1) is 25.4 Å². The van der Waals surface area contributed by atoms with Crippen molar-refractivity contribution in [3.05, 3.63) is 23.8 Å². The van der Waals surface area contributed by atoms with Crippen LogP contribution in [0.3, 0.4) is 0 Å². The van der Waals surface area contributed by atoms with E-state index in [0.29, 0.717) is 6.10 Å². The topological polar surface area (TPSA) is 105 Å². The Morgan fingerprint density at radius 3 is 1.89 bits per heavy atom. The first-order valence-corrected chi connectivity index (χ1v) is 5.89. The van der Waals surface area contributed by atoms with E-state index in [1.807, 2.05) is 25.1 Å². The number of epoxide rings is 1. The Morgan fingerprint density at radius 1 is 1.39 bits per heavy atom. The first-order valence-electron chi connectivity index (χ1n) is 5.89. The molecule has 2 rings (SSSR count). The van der Waals surface area contributed by atoms with Crippen LogP contribution in [-0.4, -0.2) is 35.6 Å². The fourth-order valence-corrected chi connectivity index (χ4v) is 0.768. The lowest BCUT2D eigenvalue weighted by Crippen LogP contribution is -2.03. The lowest BCUT2D eigenvalue weighted by atomic mass is 10.2. The van der Waals surface area contributed by atoms with E-state index >= 15 is 0 Å². The van der Waals surface area contributed by atoms with Crippen LogP contribution in [-0.2, 0) is 4.74 Å². The van der Waals surface area contributed by atoms with Crippen molar-refractivity contribution in [3.63, 3.8) is 0 Å². The standard InChI is InChI=1S/C7H10N2.C3H8O2.C3H6O/c1-5-6(8)3-2-4-7(5)9;1-3(5)2-4;1-3-2-4-3/h2-4H,8-9H2,1H3;3-5H,2H2,1H3;3H,2H2,1H3. The fourth-order valence-electron chi connectivity index (χ4n) is 0.768. The maximum Gasteiger partial charge on any atom is 0.0781 e. The summed E-state index contributed by atoms with van der Waals surface area (Å²) in [4.78, 5) is 0. The molecular weight excluding hydrogens is 232 g/mol. The lowest BCUT2D eigenvalue weighted by molar-refractivity contribution is 0.110. The second kappa shape index (κ2) is 8.74. The first kappa shape index (κ1) is 16.7. The number of nitrogen functional groups attached to an aromatic ring is 2. The van der Waals surface area contributed by atoms with Crippen LogP contribution in [0.2, 0.25) is 0 Å². The zero-order chi connectivity index (χ0) is 14.1. The third kappa shape index (κ3) is 8.81. The van der Waals surface area contributed by atoms with Crippen molar-refractivity contribution in [1.82, 2.24) is 0 Å². The number of hydrogen-bond acceptors (Lipinski definition) is 5. The number of aliphatic hydroxyl groups excluding tert-OH is 2. The van der Waals surface area contributed by atoms with Gasteiger partial charge in [0.15, 0.2) is 0 Å². The number of nitrogens with two attached hydrogens (primary N) is 2. The molecule has 0 bridgehead atoms. The van der Waals surface area contributed by atoms with E-state index in [0.717, 1.165) is 23.5 Å². The van der Waals surface area contributed by atoms with Gasteiger partial charge in [-0.3, -0.25) is 0 Å². The second-order valence-corrected chi connectivity index (χ2v) is 4.24. The highest BCUT2D eigenvalue weighted by molar-refractivity contribution is 5.59. The average Bonchev–Trinajstić information content (AvgIpc) is 3.10. The monoisotopic (exact) mass is 256 g/mol. The Hall–Kier alpha value is -1.30. The highest BCUT2D eigenvalue weighted by Crippen LogP contribution is 2.16. The minimum absolute atomic E-state index is 0.139. The van der Waals surface area contributed by atoms with E-state index in [9.17, 15) is 0 Å². The summed E-state index contributed by atoms with van der Waals surface area (Å²) in [6.45, 7) is 6.34. The maximum atomic E-state index is 8.11. The molecule has 5 heteroatoms. The molecule has 5 nitrogen and oxygen atoms in total. The number of hydrogen-bond donors (Lipinski definition) is 4. The summed E-state index contributed by atoms with van der Waals surface area (Å²) in [5, 5.41) is 16.0. The van der Waals surface area contributed by atoms with Crippen molar-refractivity contribution in [3.8, 4) is 0 Å². The summed E-state index contributed by atoms with van der Waals surface area (Å²) in [6, 6.07) is 5.52. The molecule has 1 aliphatic heterocycles. The predicted octanol–water partition coefficient (Wildman–Crippen LogP) is 0.924. The van der Waals surface area contributed by atoms with Crippen LogP contribution >= 0.6 is 0 Å². The summed E-state index contributed by atoms with van der Waals surface area (Å²) in [7, 11) is 0. The van der Waals surface area contributed by atoms with Crippen LogP contribution < -0.4 is 11.5 Å². The van der Waals surface area contributed by atoms with E-state index in [-0.39, 0.29) is 6.61 Å². The summed E-state index contributed by atoms with van der Waals surface area (Å²) >= 11 is 0. The predicted molar refractivity (Wildman–Crippen MR) is 74.2 cm³/mol. The van der Waals surface area contributed by atoms with Gasteiger partial charge in [-0.05, 0) is 38.5 Å². The highest BCUT2D eigenvalue weighted by atomic mass is 16.6. The van der Waals surface area contributed by atoms with Gasteiger partial charge in [0.1, 0.15) is 0 Å². The van der Waals surface area contributed by atoms with E-state index in [2.05, 4.69) is 6.92 Å². The smallest absolute Gasteiger partial charge is 0.0781 e. The molecule has 0 aromatic heterocycles. The van der Waals surface area contributed by atoms with Gasteiger partial charge < -0.3 is 26.4 Å². The second-order valence-electron chi connectivity index (χ2n) is 4.24. The molecule has 0 saturated carbocycles.